The van der Waals surface area contributed by atoms with E-state index in [9.17, 15) is 0 Å². The van der Waals surface area contributed by atoms with Gasteiger partial charge in [0.05, 0.1) is 13.1 Å². The molecule has 1 aromatic rings. The summed E-state index contributed by atoms with van der Waals surface area (Å²) < 4.78 is 5.80. The fourth-order valence-electron chi connectivity index (χ4n) is 4.05. The molecule has 2 heterocycles. The van der Waals surface area contributed by atoms with Crippen LogP contribution < -0.4 is 10.2 Å². The van der Waals surface area contributed by atoms with Crippen LogP contribution in [0.1, 0.15) is 38.2 Å². The number of anilines is 1. The van der Waals surface area contributed by atoms with Crippen LogP contribution in [0.5, 0.6) is 0 Å². The second-order valence-electron chi connectivity index (χ2n) is 7.39. The zero-order valence-electron chi connectivity index (χ0n) is 15.6. The third-order valence-corrected chi connectivity index (χ3v) is 6.05. The number of piperidine rings is 1. The number of nitrogens with zero attached hydrogens (tertiary/aromatic N) is 1. The number of hydrogen-bond donors (Lipinski definition) is 2. The highest BCUT2D eigenvalue weighted by Gasteiger charge is 2.29. The molecular weight excluding hydrogens is 330 g/mol. The van der Waals surface area contributed by atoms with Gasteiger partial charge in [0.15, 0.2) is 5.11 Å². The number of rotatable bonds is 5. The second-order valence-corrected chi connectivity index (χ2v) is 7.77. The summed E-state index contributed by atoms with van der Waals surface area (Å²) in [5, 5.41) is 4.34. The second kappa shape index (κ2) is 8.97. The summed E-state index contributed by atoms with van der Waals surface area (Å²) in [6, 6.07) is 9.18. The van der Waals surface area contributed by atoms with Gasteiger partial charge in [-0.1, -0.05) is 25.1 Å². The molecule has 1 aromatic carbocycles. The minimum Gasteiger partial charge on any atom is -0.372 e. The molecule has 3 rings (SSSR count). The van der Waals surface area contributed by atoms with Crippen LogP contribution in [0.15, 0.2) is 24.3 Å². The largest absolute Gasteiger partial charge is 0.372 e. The summed E-state index contributed by atoms with van der Waals surface area (Å²) in [7, 11) is 2.33. The van der Waals surface area contributed by atoms with Crippen LogP contribution in [0.25, 0.3) is 0 Å². The van der Waals surface area contributed by atoms with E-state index < -0.39 is 0 Å². The Hall–Kier alpha value is -1.17. The van der Waals surface area contributed by atoms with Crippen molar-refractivity contribution in [3.8, 4) is 0 Å². The highest BCUT2D eigenvalue weighted by molar-refractivity contribution is 7.80. The van der Waals surface area contributed by atoms with Crippen LogP contribution in [-0.4, -0.2) is 55.4 Å². The lowest BCUT2D eigenvalue weighted by Crippen LogP contribution is -3.14. The van der Waals surface area contributed by atoms with E-state index in [4.69, 9.17) is 17.0 Å². The molecule has 2 aliphatic heterocycles. The number of quaternary nitrogens is 1. The van der Waals surface area contributed by atoms with Gasteiger partial charge >= 0.3 is 0 Å². The maximum atomic E-state index is 5.80. The van der Waals surface area contributed by atoms with Gasteiger partial charge in [-0.15, -0.1) is 0 Å². The van der Waals surface area contributed by atoms with Crippen molar-refractivity contribution in [2.75, 3.05) is 38.6 Å². The van der Waals surface area contributed by atoms with Crippen molar-refractivity contribution in [3.63, 3.8) is 0 Å². The molecule has 0 spiro atoms. The predicted octanol–water partition coefficient (Wildman–Crippen LogP) is 2.10. The van der Waals surface area contributed by atoms with Crippen LogP contribution in [0.4, 0.5) is 5.69 Å². The van der Waals surface area contributed by atoms with Gasteiger partial charge in [0.2, 0.25) is 0 Å². The summed E-state index contributed by atoms with van der Waals surface area (Å²) in [6.45, 7) is 6.38. The molecule has 2 fully saturated rings. The smallest absolute Gasteiger partial charge is 0.173 e. The minimum atomic E-state index is 0.478. The number of para-hydroxylation sites is 1. The minimum absolute atomic E-state index is 0.478. The molecule has 2 atom stereocenters. The SMILES string of the molecule is CCc1ccccc1NC(=S)N1CCC([NH+](C)CC2CCCO2)CC1. The van der Waals surface area contributed by atoms with Crippen molar-refractivity contribution >= 4 is 23.0 Å². The van der Waals surface area contributed by atoms with E-state index in [-0.39, 0.29) is 0 Å². The van der Waals surface area contributed by atoms with Gasteiger partial charge in [-0.3, -0.25) is 0 Å². The van der Waals surface area contributed by atoms with Crippen LogP contribution in [0.3, 0.4) is 0 Å². The van der Waals surface area contributed by atoms with E-state index in [1.54, 1.807) is 4.90 Å². The van der Waals surface area contributed by atoms with Crippen molar-refractivity contribution in [2.24, 2.45) is 0 Å². The van der Waals surface area contributed by atoms with Crippen LogP contribution in [-0.2, 0) is 11.2 Å². The van der Waals surface area contributed by atoms with E-state index in [2.05, 4.69) is 48.5 Å². The molecule has 4 nitrogen and oxygen atoms in total. The summed E-state index contributed by atoms with van der Waals surface area (Å²) >= 11 is 5.67. The van der Waals surface area contributed by atoms with Crippen molar-refractivity contribution < 1.29 is 9.64 Å². The molecule has 0 radical (unpaired) electrons. The first kappa shape index (κ1) is 18.6. The van der Waals surface area contributed by atoms with Crippen molar-refractivity contribution in [1.29, 1.82) is 0 Å². The van der Waals surface area contributed by atoms with Gasteiger partial charge in [0.1, 0.15) is 12.6 Å². The number of benzene rings is 1. The maximum absolute atomic E-state index is 5.80. The molecule has 2 unspecified atom stereocenters. The number of likely N-dealkylation sites (tertiary alicyclic amines) is 1. The van der Waals surface area contributed by atoms with E-state index in [1.807, 2.05) is 0 Å². The van der Waals surface area contributed by atoms with Gasteiger partial charge in [-0.25, -0.2) is 0 Å². The zero-order chi connectivity index (χ0) is 17.6. The third kappa shape index (κ3) is 4.93. The molecule has 2 aliphatic rings. The fourth-order valence-corrected chi connectivity index (χ4v) is 4.34. The first-order valence-electron chi connectivity index (χ1n) is 9.75. The van der Waals surface area contributed by atoms with E-state index in [1.165, 1.54) is 31.2 Å². The van der Waals surface area contributed by atoms with Crippen molar-refractivity contribution in [2.45, 2.75) is 51.2 Å². The Balaban J connectivity index is 1.47. The topological polar surface area (TPSA) is 28.9 Å². The molecular formula is C20H32N3OS+. The number of aryl methyl sites for hydroxylation is 1. The zero-order valence-corrected chi connectivity index (χ0v) is 16.4. The number of ether oxygens (including phenoxy) is 1. The van der Waals surface area contributed by atoms with Gasteiger partial charge < -0.3 is 19.9 Å². The maximum Gasteiger partial charge on any atom is 0.173 e. The molecule has 2 N–H and O–H groups in total. The average molecular weight is 363 g/mol. The van der Waals surface area contributed by atoms with Crippen molar-refractivity contribution in [1.82, 2.24) is 4.90 Å². The fraction of sp³-hybridized carbons (Fsp3) is 0.650. The van der Waals surface area contributed by atoms with E-state index in [0.29, 0.717) is 6.10 Å². The highest BCUT2D eigenvalue weighted by Crippen LogP contribution is 2.18. The molecule has 2 saturated heterocycles. The number of hydrogen-bond acceptors (Lipinski definition) is 2. The molecule has 0 amide bonds. The number of thiocarbonyl (C=S) groups is 1. The van der Waals surface area contributed by atoms with Crippen LogP contribution >= 0.6 is 12.2 Å². The molecule has 0 aliphatic carbocycles. The Morgan fingerprint density at radius 2 is 2.04 bits per heavy atom. The Bertz CT molecular complexity index is 566. The van der Waals surface area contributed by atoms with Crippen molar-refractivity contribution in [3.05, 3.63) is 29.8 Å². The standard InChI is InChI=1S/C20H31N3OS/c1-3-16-7-4-5-9-19(16)21-20(25)23-12-10-17(11-13-23)22(2)15-18-8-6-14-24-18/h4-5,7,9,17-18H,3,6,8,10-15H2,1-2H3,(H,21,25)/p+1. The molecule has 25 heavy (non-hydrogen) atoms. The lowest BCUT2D eigenvalue weighted by atomic mass is 10.0. The van der Waals surface area contributed by atoms with E-state index in [0.717, 1.165) is 49.5 Å². The first-order chi connectivity index (χ1) is 12.2. The van der Waals surface area contributed by atoms with Crippen LogP contribution in [0, 0.1) is 0 Å². The molecule has 0 saturated carbocycles. The monoisotopic (exact) mass is 362 g/mol. The lowest BCUT2D eigenvalue weighted by molar-refractivity contribution is -0.910. The molecule has 5 heteroatoms. The Labute approximate surface area is 157 Å². The molecule has 0 bridgehead atoms. The Kier molecular flexibility index (Phi) is 6.68. The quantitative estimate of drug-likeness (QED) is 0.785. The van der Waals surface area contributed by atoms with Gasteiger partial charge in [-0.2, -0.15) is 0 Å². The summed E-state index contributed by atoms with van der Waals surface area (Å²) in [5.74, 6) is 0. The predicted molar refractivity (Wildman–Crippen MR) is 107 cm³/mol. The lowest BCUT2D eigenvalue weighted by Gasteiger charge is -2.36. The first-order valence-corrected chi connectivity index (χ1v) is 10.2. The van der Waals surface area contributed by atoms with Crippen LogP contribution in [0.2, 0.25) is 0 Å². The number of nitrogens with one attached hydrogen (secondary N) is 2. The van der Waals surface area contributed by atoms with Gasteiger partial charge in [0, 0.05) is 38.2 Å². The third-order valence-electron chi connectivity index (χ3n) is 5.69. The summed E-state index contributed by atoms with van der Waals surface area (Å²) in [5.41, 5.74) is 2.47. The molecule has 0 aromatic heterocycles. The Morgan fingerprint density at radius 1 is 1.28 bits per heavy atom. The van der Waals surface area contributed by atoms with Gasteiger partial charge in [-0.05, 0) is 43.1 Å². The molecule has 138 valence electrons. The van der Waals surface area contributed by atoms with E-state index >= 15 is 0 Å². The number of likely N-dealkylation sites (N-methyl/N-ethyl adjacent to an activating group) is 1. The summed E-state index contributed by atoms with van der Waals surface area (Å²) in [4.78, 5) is 3.96. The highest BCUT2D eigenvalue weighted by atomic mass is 32.1. The average Bonchev–Trinajstić information content (AvgIpc) is 3.15. The summed E-state index contributed by atoms with van der Waals surface area (Å²) in [6.07, 6.45) is 6.37. The normalized spacial score (nSPS) is 22.8. The Morgan fingerprint density at radius 3 is 2.72 bits per heavy atom. The van der Waals surface area contributed by atoms with Gasteiger partial charge in [0.25, 0.3) is 0 Å².